The van der Waals surface area contributed by atoms with Gasteiger partial charge in [-0.3, -0.25) is 14.9 Å². The second kappa shape index (κ2) is 6.62. The standard InChI is InChI=1S/C15H15N3O3/c16-10-12-3-1-2-4-14(12)17-15(19)9-11-5-7-13(8-6-11)18(20)21/h1-8H,9-10,16H2,(H,17,19). The van der Waals surface area contributed by atoms with Crippen LogP contribution in [0.15, 0.2) is 48.5 Å². The summed E-state index contributed by atoms with van der Waals surface area (Å²) in [5.41, 5.74) is 7.87. The van der Waals surface area contributed by atoms with E-state index in [-0.39, 0.29) is 18.0 Å². The lowest BCUT2D eigenvalue weighted by Gasteiger charge is -2.09. The minimum atomic E-state index is -0.471. The fraction of sp³-hybridized carbons (Fsp3) is 0.133. The molecule has 0 fully saturated rings. The van der Waals surface area contributed by atoms with Crippen molar-refractivity contribution >= 4 is 17.3 Å². The molecular formula is C15H15N3O3. The highest BCUT2D eigenvalue weighted by Gasteiger charge is 2.09. The Morgan fingerprint density at radius 1 is 1.14 bits per heavy atom. The first kappa shape index (κ1) is 14.7. The molecule has 0 atom stereocenters. The van der Waals surface area contributed by atoms with Crippen LogP contribution < -0.4 is 11.1 Å². The smallest absolute Gasteiger partial charge is 0.269 e. The number of nitrogens with one attached hydrogen (secondary N) is 1. The number of hydrogen-bond donors (Lipinski definition) is 2. The van der Waals surface area contributed by atoms with Gasteiger partial charge in [-0.05, 0) is 17.2 Å². The van der Waals surface area contributed by atoms with Crippen molar-refractivity contribution in [3.63, 3.8) is 0 Å². The quantitative estimate of drug-likeness (QED) is 0.650. The minimum absolute atomic E-state index is 0.00707. The molecule has 0 aliphatic rings. The van der Waals surface area contributed by atoms with E-state index in [1.54, 1.807) is 18.2 Å². The van der Waals surface area contributed by atoms with E-state index in [4.69, 9.17) is 5.73 Å². The average molecular weight is 285 g/mol. The number of benzene rings is 2. The predicted molar refractivity (Wildman–Crippen MR) is 79.8 cm³/mol. The van der Waals surface area contributed by atoms with Gasteiger partial charge in [-0.2, -0.15) is 0 Å². The SMILES string of the molecule is NCc1ccccc1NC(=O)Cc1ccc([N+](=O)[O-])cc1. The Balaban J connectivity index is 2.03. The van der Waals surface area contributed by atoms with Gasteiger partial charge in [0.15, 0.2) is 0 Å². The second-order valence-electron chi connectivity index (χ2n) is 4.51. The molecule has 0 aliphatic heterocycles. The van der Waals surface area contributed by atoms with Crippen LogP contribution in [0.3, 0.4) is 0 Å². The molecule has 6 heteroatoms. The summed E-state index contributed by atoms with van der Waals surface area (Å²) in [4.78, 5) is 22.1. The zero-order valence-electron chi connectivity index (χ0n) is 11.3. The van der Waals surface area contributed by atoms with E-state index < -0.39 is 4.92 Å². The molecule has 0 heterocycles. The Bertz CT molecular complexity index is 653. The van der Waals surface area contributed by atoms with E-state index in [1.807, 2.05) is 18.2 Å². The van der Waals surface area contributed by atoms with Crippen LogP contribution in [-0.2, 0) is 17.8 Å². The van der Waals surface area contributed by atoms with Gasteiger partial charge in [-0.15, -0.1) is 0 Å². The first-order valence-corrected chi connectivity index (χ1v) is 6.41. The Morgan fingerprint density at radius 3 is 2.43 bits per heavy atom. The lowest BCUT2D eigenvalue weighted by atomic mass is 10.1. The monoisotopic (exact) mass is 285 g/mol. The number of carbonyl (C=O) groups is 1. The summed E-state index contributed by atoms with van der Waals surface area (Å²) in [5, 5.41) is 13.4. The number of amides is 1. The first-order chi connectivity index (χ1) is 10.1. The topological polar surface area (TPSA) is 98.3 Å². The minimum Gasteiger partial charge on any atom is -0.326 e. The van der Waals surface area contributed by atoms with Gasteiger partial charge < -0.3 is 11.1 Å². The molecule has 2 aromatic rings. The van der Waals surface area contributed by atoms with E-state index in [1.165, 1.54) is 12.1 Å². The van der Waals surface area contributed by atoms with E-state index in [0.29, 0.717) is 17.8 Å². The van der Waals surface area contributed by atoms with Crippen molar-refractivity contribution in [1.29, 1.82) is 0 Å². The number of hydrogen-bond acceptors (Lipinski definition) is 4. The molecule has 1 amide bonds. The molecule has 3 N–H and O–H groups in total. The van der Waals surface area contributed by atoms with Gasteiger partial charge in [-0.25, -0.2) is 0 Å². The fourth-order valence-electron chi connectivity index (χ4n) is 1.94. The zero-order chi connectivity index (χ0) is 15.2. The molecule has 0 saturated heterocycles. The highest BCUT2D eigenvalue weighted by atomic mass is 16.6. The Morgan fingerprint density at radius 2 is 1.81 bits per heavy atom. The van der Waals surface area contributed by atoms with E-state index in [0.717, 1.165) is 5.56 Å². The van der Waals surface area contributed by atoms with Gasteiger partial charge in [0, 0.05) is 24.4 Å². The number of nitrogens with zero attached hydrogens (tertiary/aromatic N) is 1. The number of nitro groups is 1. The summed E-state index contributed by atoms with van der Waals surface area (Å²) >= 11 is 0. The van der Waals surface area contributed by atoms with Crippen LogP contribution in [0.1, 0.15) is 11.1 Å². The summed E-state index contributed by atoms with van der Waals surface area (Å²) in [5.74, 6) is -0.190. The summed E-state index contributed by atoms with van der Waals surface area (Å²) in [6, 6.07) is 13.2. The molecular weight excluding hydrogens is 270 g/mol. The van der Waals surface area contributed by atoms with Gasteiger partial charge in [0.25, 0.3) is 5.69 Å². The third-order valence-corrected chi connectivity index (χ3v) is 3.02. The van der Waals surface area contributed by atoms with Gasteiger partial charge in [0.05, 0.1) is 11.3 Å². The fourth-order valence-corrected chi connectivity index (χ4v) is 1.94. The Kier molecular flexibility index (Phi) is 4.63. The number of anilines is 1. The number of carbonyl (C=O) groups excluding carboxylic acids is 1. The summed E-state index contributed by atoms with van der Waals surface area (Å²) < 4.78 is 0. The Hall–Kier alpha value is -2.73. The van der Waals surface area contributed by atoms with Crippen molar-refractivity contribution < 1.29 is 9.72 Å². The van der Waals surface area contributed by atoms with Crippen LogP contribution in [0.5, 0.6) is 0 Å². The number of nitro benzene ring substituents is 1. The van der Waals surface area contributed by atoms with Crippen LogP contribution in [0.25, 0.3) is 0 Å². The number of para-hydroxylation sites is 1. The third kappa shape index (κ3) is 3.87. The van der Waals surface area contributed by atoms with Crippen molar-refractivity contribution in [2.75, 3.05) is 5.32 Å². The van der Waals surface area contributed by atoms with Crippen LogP contribution >= 0.6 is 0 Å². The van der Waals surface area contributed by atoms with Crippen molar-refractivity contribution in [1.82, 2.24) is 0 Å². The molecule has 0 unspecified atom stereocenters. The van der Waals surface area contributed by atoms with Crippen LogP contribution in [-0.4, -0.2) is 10.8 Å². The highest BCUT2D eigenvalue weighted by molar-refractivity contribution is 5.93. The molecule has 2 rings (SSSR count). The lowest BCUT2D eigenvalue weighted by Crippen LogP contribution is -2.16. The van der Waals surface area contributed by atoms with Crippen molar-refractivity contribution in [3.05, 3.63) is 69.8 Å². The normalized spacial score (nSPS) is 10.1. The van der Waals surface area contributed by atoms with E-state index in [2.05, 4.69) is 5.32 Å². The molecule has 2 aromatic carbocycles. The van der Waals surface area contributed by atoms with Gasteiger partial charge in [0.1, 0.15) is 0 Å². The highest BCUT2D eigenvalue weighted by Crippen LogP contribution is 2.16. The van der Waals surface area contributed by atoms with Crippen LogP contribution in [0, 0.1) is 10.1 Å². The largest absolute Gasteiger partial charge is 0.326 e. The molecule has 108 valence electrons. The number of nitrogens with two attached hydrogens (primary N) is 1. The Labute approximate surface area is 121 Å². The molecule has 6 nitrogen and oxygen atoms in total. The molecule has 21 heavy (non-hydrogen) atoms. The third-order valence-electron chi connectivity index (χ3n) is 3.02. The number of non-ortho nitro benzene ring substituents is 1. The average Bonchev–Trinajstić information content (AvgIpc) is 2.48. The second-order valence-corrected chi connectivity index (χ2v) is 4.51. The molecule has 0 spiro atoms. The van der Waals surface area contributed by atoms with E-state index >= 15 is 0 Å². The zero-order valence-corrected chi connectivity index (χ0v) is 11.3. The van der Waals surface area contributed by atoms with E-state index in [9.17, 15) is 14.9 Å². The summed E-state index contributed by atoms with van der Waals surface area (Å²) in [6.07, 6.45) is 0.150. The maximum absolute atomic E-state index is 12.0. The van der Waals surface area contributed by atoms with Gasteiger partial charge in [-0.1, -0.05) is 30.3 Å². The first-order valence-electron chi connectivity index (χ1n) is 6.41. The predicted octanol–water partition coefficient (Wildman–Crippen LogP) is 2.23. The molecule has 0 aromatic heterocycles. The molecule has 0 aliphatic carbocycles. The summed E-state index contributed by atoms with van der Waals surface area (Å²) in [7, 11) is 0. The van der Waals surface area contributed by atoms with Crippen molar-refractivity contribution in [2.45, 2.75) is 13.0 Å². The van der Waals surface area contributed by atoms with Crippen molar-refractivity contribution in [2.24, 2.45) is 5.73 Å². The molecule has 0 bridgehead atoms. The summed E-state index contributed by atoms with van der Waals surface area (Å²) in [6.45, 7) is 0.341. The van der Waals surface area contributed by atoms with Crippen molar-refractivity contribution in [3.8, 4) is 0 Å². The lowest BCUT2D eigenvalue weighted by molar-refractivity contribution is -0.384. The molecule has 0 radical (unpaired) electrons. The maximum Gasteiger partial charge on any atom is 0.269 e. The van der Waals surface area contributed by atoms with Crippen LogP contribution in [0.2, 0.25) is 0 Å². The molecule has 0 saturated carbocycles. The van der Waals surface area contributed by atoms with Gasteiger partial charge >= 0.3 is 0 Å². The van der Waals surface area contributed by atoms with Gasteiger partial charge in [0.2, 0.25) is 5.91 Å². The van der Waals surface area contributed by atoms with Crippen LogP contribution in [0.4, 0.5) is 11.4 Å². The maximum atomic E-state index is 12.0. The number of rotatable bonds is 5.